The van der Waals surface area contributed by atoms with E-state index in [2.05, 4.69) is 0 Å². The van der Waals surface area contributed by atoms with Gasteiger partial charge in [-0.2, -0.15) is 5.06 Å². The Balaban J connectivity index is 1.47. The number of rotatable bonds is 7. The van der Waals surface area contributed by atoms with E-state index in [-0.39, 0.29) is 37.9 Å². The van der Waals surface area contributed by atoms with Crippen LogP contribution in [0.4, 0.5) is 13.2 Å². The summed E-state index contributed by atoms with van der Waals surface area (Å²) < 4.78 is 52.0. The summed E-state index contributed by atoms with van der Waals surface area (Å²) in [6, 6.07) is 7.12. The van der Waals surface area contributed by atoms with Crippen LogP contribution in [0.1, 0.15) is 38.7 Å². The monoisotopic (exact) mass is 547 g/mol. The van der Waals surface area contributed by atoms with Crippen LogP contribution in [0.2, 0.25) is 0 Å². The van der Waals surface area contributed by atoms with Gasteiger partial charge in [-0.3, -0.25) is 9.59 Å². The molecule has 0 saturated heterocycles. The molecule has 6 nitrogen and oxygen atoms in total. The van der Waals surface area contributed by atoms with Gasteiger partial charge in [-0.1, -0.05) is 25.1 Å². The lowest BCUT2D eigenvalue weighted by molar-refractivity contribution is -0.202. The number of halogens is 3. The van der Waals surface area contributed by atoms with E-state index < -0.39 is 70.7 Å². The van der Waals surface area contributed by atoms with Crippen LogP contribution in [0.5, 0.6) is 5.75 Å². The summed E-state index contributed by atoms with van der Waals surface area (Å²) in [6.45, 7) is 2.26. The first-order valence-corrected chi connectivity index (χ1v) is 13.5. The van der Waals surface area contributed by atoms with Gasteiger partial charge in [0.05, 0.1) is 13.2 Å². The molecule has 39 heavy (non-hydrogen) atoms. The SMILES string of the molecule is COc1ccc(CN(O)C[C@@H]2CC3[C@@H]4C[C@H](F)C5=CC(=O)C=C[C@]5(C)[C@@]4(F)[C@@H](O)C[C@]3(C)[C@H]2C(=O)CF)cc1. The highest BCUT2D eigenvalue weighted by Gasteiger charge is 2.73. The predicted octanol–water partition coefficient (Wildman–Crippen LogP) is 4.59. The minimum absolute atomic E-state index is 0.0309. The maximum Gasteiger partial charge on any atom is 0.178 e. The first-order valence-electron chi connectivity index (χ1n) is 13.5. The summed E-state index contributed by atoms with van der Waals surface area (Å²) in [5.74, 6) is -3.29. The van der Waals surface area contributed by atoms with Crippen molar-refractivity contribution in [3.8, 4) is 5.75 Å². The zero-order valence-electron chi connectivity index (χ0n) is 22.4. The Morgan fingerprint density at radius 2 is 1.87 bits per heavy atom. The molecule has 9 heteroatoms. The van der Waals surface area contributed by atoms with Crippen LogP contribution in [-0.2, 0) is 16.1 Å². The number of Topliss-reactive ketones (excluding diaryl/α,β-unsaturated/α-hetero) is 1. The zero-order valence-corrected chi connectivity index (χ0v) is 22.4. The molecule has 0 spiro atoms. The average Bonchev–Trinajstić information content (AvgIpc) is 3.18. The van der Waals surface area contributed by atoms with Gasteiger partial charge in [-0.15, -0.1) is 0 Å². The molecule has 5 rings (SSSR count). The molecule has 2 N–H and O–H groups in total. The zero-order chi connectivity index (χ0) is 28.3. The fourth-order valence-corrected chi connectivity index (χ4v) is 8.56. The quantitative estimate of drug-likeness (QED) is 0.486. The number of methoxy groups -OCH3 is 1. The van der Waals surface area contributed by atoms with Gasteiger partial charge in [0.2, 0.25) is 0 Å². The highest BCUT2D eigenvalue weighted by Crippen LogP contribution is 2.70. The first kappa shape index (κ1) is 28.1. The number of fused-ring (bicyclic) bond motifs is 5. The molecular weight excluding hydrogens is 511 g/mol. The average molecular weight is 548 g/mol. The van der Waals surface area contributed by atoms with Crippen LogP contribution in [0.25, 0.3) is 0 Å². The molecule has 1 aromatic carbocycles. The highest BCUT2D eigenvalue weighted by atomic mass is 19.1. The van der Waals surface area contributed by atoms with E-state index in [0.29, 0.717) is 5.75 Å². The van der Waals surface area contributed by atoms with Crippen LogP contribution >= 0.6 is 0 Å². The number of benzene rings is 1. The molecule has 3 fully saturated rings. The number of hydroxylamine groups is 2. The van der Waals surface area contributed by atoms with E-state index in [4.69, 9.17) is 4.74 Å². The summed E-state index contributed by atoms with van der Waals surface area (Å²) in [7, 11) is 1.55. The van der Waals surface area contributed by atoms with Crippen LogP contribution in [-0.4, -0.2) is 65.2 Å². The van der Waals surface area contributed by atoms with E-state index in [1.807, 2.05) is 0 Å². The second-order valence-electron chi connectivity index (χ2n) is 12.2. The largest absolute Gasteiger partial charge is 0.497 e. The molecule has 0 bridgehead atoms. The Kier molecular flexibility index (Phi) is 7.09. The fraction of sp³-hybridized carbons (Fsp3) is 0.600. The molecule has 4 aliphatic carbocycles. The van der Waals surface area contributed by atoms with E-state index in [1.165, 1.54) is 19.1 Å². The maximum atomic E-state index is 17.3. The van der Waals surface area contributed by atoms with Crippen molar-refractivity contribution in [1.82, 2.24) is 5.06 Å². The summed E-state index contributed by atoms with van der Waals surface area (Å²) in [5, 5.41) is 23.3. The lowest BCUT2D eigenvalue weighted by atomic mass is 9.45. The van der Waals surface area contributed by atoms with Gasteiger partial charge in [0.25, 0.3) is 0 Å². The van der Waals surface area contributed by atoms with Gasteiger partial charge in [0.15, 0.2) is 17.2 Å². The van der Waals surface area contributed by atoms with E-state index >= 15 is 8.78 Å². The number of aliphatic hydroxyl groups is 1. The Labute approximate surface area is 226 Å². The molecule has 9 atom stereocenters. The Morgan fingerprint density at radius 3 is 2.51 bits per heavy atom. The molecule has 212 valence electrons. The molecule has 0 aliphatic heterocycles. The Hall–Kier alpha value is -2.49. The number of hydrogen-bond acceptors (Lipinski definition) is 6. The van der Waals surface area contributed by atoms with Crippen LogP contribution < -0.4 is 4.74 Å². The van der Waals surface area contributed by atoms with Crippen LogP contribution in [0, 0.1) is 34.5 Å². The van der Waals surface area contributed by atoms with Gasteiger partial charge < -0.3 is 15.1 Å². The number of aliphatic hydroxyl groups excluding tert-OH is 1. The minimum Gasteiger partial charge on any atom is -0.497 e. The van der Waals surface area contributed by atoms with E-state index in [0.717, 1.165) is 16.7 Å². The normalized spacial score (nSPS) is 41.1. The second-order valence-corrected chi connectivity index (χ2v) is 12.2. The number of hydrogen-bond donors (Lipinski definition) is 2. The molecule has 1 unspecified atom stereocenters. The molecule has 0 amide bonds. The predicted molar refractivity (Wildman–Crippen MR) is 137 cm³/mol. The van der Waals surface area contributed by atoms with Gasteiger partial charge >= 0.3 is 0 Å². The van der Waals surface area contributed by atoms with Crippen LogP contribution in [0.3, 0.4) is 0 Å². The Bertz CT molecular complexity index is 1200. The van der Waals surface area contributed by atoms with Gasteiger partial charge in [0.1, 0.15) is 18.6 Å². The lowest BCUT2D eigenvalue weighted by Gasteiger charge is -2.62. The number of allylic oxidation sites excluding steroid dienone is 4. The molecule has 4 aliphatic rings. The number of ketones is 2. The summed E-state index contributed by atoms with van der Waals surface area (Å²) in [5.41, 5.74) is -3.96. The van der Waals surface area contributed by atoms with Gasteiger partial charge in [-0.25, -0.2) is 13.2 Å². The fourth-order valence-electron chi connectivity index (χ4n) is 8.56. The van der Waals surface area contributed by atoms with Crippen molar-refractivity contribution in [3.63, 3.8) is 0 Å². The van der Waals surface area contributed by atoms with Gasteiger partial charge in [-0.05, 0) is 78.9 Å². The van der Waals surface area contributed by atoms with Crippen molar-refractivity contribution < 1.29 is 37.8 Å². The van der Waals surface area contributed by atoms with Crippen LogP contribution in [0.15, 0.2) is 48.1 Å². The summed E-state index contributed by atoms with van der Waals surface area (Å²) >= 11 is 0. The third-order valence-electron chi connectivity index (χ3n) is 10.2. The van der Waals surface area contributed by atoms with Crippen molar-refractivity contribution in [2.75, 3.05) is 20.3 Å². The summed E-state index contributed by atoms with van der Waals surface area (Å²) in [6.07, 6.45) is 0.509. The lowest BCUT2D eigenvalue weighted by Crippen LogP contribution is -2.68. The molecule has 0 heterocycles. The smallest absolute Gasteiger partial charge is 0.178 e. The van der Waals surface area contributed by atoms with Crippen molar-refractivity contribution >= 4 is 11.6 Å². The minimum atomic E-state index is -2.27. The Morgan fingerprint density at radius 1 is 1.18 bits per heavy atom. The molecule has 0 aromatic heterocycles. The van der Waals surface area contributed by atoms with Crippen molar-refractivity contribution in [2.45, 2.75) is 57.6 Å². The topological polar surface area (TPSA) is 87.1 Å². The molecular formula is C30H36F3NO5. The number of carbonyl (C=O) groups excluding carboxylic acids is 2. The molecule has 0 radical (unpaired) electrons. The van der Waals surface area contributed by atoms with Crippen molar-refractivity contribution in [1.29, 1.82) is 0 Å². The number of alkyl halides is 3. The summed E-state index contributed by atoms with van der Waals surface area (Å²) in [4.78, 5) is 25.1. The van der Waals surface area contributed by atoms with Crippen molar-refractivity contribution in [2.24, 2.45) is 34.5 Å². The van der Waals surface area contributed by atoms with E-state index in [1.54, 1.807) is 38.3 Å². The number of ether oxygens (including phenoxy) is 1. The maximum absolute atomic E-state index is 17.3. The van der Waals surface area contributed by atoms with Crippen molar-refractivity contribution in [3.05, 3.63) is 53.6 Å². The standard InChI is InChI=1S/C30H36F3NO5/c1-28-13-26(37)30(33)22(12-24(32)23-11-19(35)8-9-29(23,30)2)21(28)10-18(27(28)25(36)14-31)16-34(38)15-17-4-6-20(39-3)7-5-17/h4-9,11,18,21-22,24,26-27,37-38H,10,12-16H2,1-3H3/t18-,21?,22-,24-,26-,27+,28-,29-,30-/m0/s1. The van der Waals surface area contributed by atoms with E-state index in [9.17, 15) is 24.3 Å². The third-order valence-corrected chi connectivity index (χ3v) is 10.2. The second kappa shape index (κ2) is 9.85. The number of nitrogens with zero attached hydrogens (tertiary/aromatic N) is 1. The first-order chi connectivity index (χ1) is 18.4. The third kappa shape index (κ3) is 4.19. The highest BCUT2D eigenvalue weighted by molar-refractivity contribution is 6.01. The molecule has 1 aromatic rings. The van der Waals surface area contributed by atoms with Gasteiger partial charge in [0, 0.05) is 30.3 Å². The molecule has 3 saturated carbocycles. The number of carbonyl (C=O) groups is 2.